The van der Waals surface area contributed by atoms with E-state index in [1.165, 1.54) is 23.1 Å². The van der Waals surface area contributed by atoms with Crippen LogP contribution in [0.3, 0.4) is 0 Å². The Morgan fingerprint density at radius 2 is 1.79 bits per heavy atom. The third-order valence-corrected chi connectivity index (χ3v) is 6.22. The molecule has 5 heteroatoms. The Kier molecular flexibility index (Phi) is 6.57. The first-order valence-electron chi connectivity index (χ1n) is 10.8. The molecule has 1 aromatic heterocycles. The van der Waals surface area contributed by atoms with E-state index < -0.39 is 0 Å². The number of aromatic nitrogens is 1. The highest BCUT2D eigenvalue weighted by molar-refractivity contribution is 5.78. The molecule has 0 bridgehead atoms. The zero-order chi connectivity index (χ0) is 20.1. The molecular formula is C24H32N4O. The summed E-state index contributed by atoms with van der Waals surface area (Å²) in [6.45, 7) is 9.38. The van der Waals surface area contributed by atoms with Crippen molar-refractivity contribution in [3.63, 3.8) is 0 Å². The second-order valence-corrected chi connectivity index (χ2v) is 8.60. The first-order chi connectivity index (χ1) is 14.2. The normalized spacial score (nSPS) is 20.9. The van der Waals surface area contributed by atoms with Gasteiger partial charge < -0.3 is 4.90 Å². The minimum atomic E-state index is 0.296. The lowest BCUT2D eigenvalue weighted by Crippen LogP contribution is -2.50. The van der Waals surface area contributed by atoms with Crippen molar-refractivity contribution in [3.8, 4) is 0 Å². The van der Waals surface area contributed by atoms with E-state index in [1.54, 1.807) is 0 Å². The van der Waals surface area contributed by atoms with Gasteiger partial charge >= 0.3 is 0 Å². The number of hydrogen-bond donors (Lipinski definition) is 0. The molecule has 154 valence electrons. The van der Waals surface area contributed by atoms with Crippen molar-refractivity contribution in [2.75, 3.05) is 45.8 Å². The smallest absolute Gasteiger partial charge is 0.236 e. The summed E-state index contributed by atoms with van der Waals surface area (Å²) in [5.41, 5.74) is 4.02. The van der Waals surface area contributed by atoms with Crippen LogP contribution in [0, 0.1) is 12.8 Å². The largest absolute Gasteiger partial charge is 0.339 e. The molecule has 5 nitrogen and oxygen atoms in total. The average Bonchev–Trinajstić information content (AvgIpc) is 3.16. The molecule has 3 heterocycles. The Balaban J connectivity index is 1.19. The molecule has 2 aromatic rings. The maximum Gasteiger partial charge on any atom is 0.236 e. The zero-order valence-corrected chi connectivity index (χ0v) is 17.5. The van der Waals surface area contributed by atoms with E-state index in [0.717, 1.165) is 52.2 Å². The molecule has 0 saturated carbocycles. The van der Waals surface area contributed by atoms with Crippen LogP contribution in [0.25, 0.3) is 0 Å². The molecule has 2 aliphatic rings. The monoisotopic (exact) mass is 392 g/mol. The highest BCUT2D eigenvalue weighted by atomic mass is 16.2. The number of amides is 1. The summed E-state index contributed by atoms with van der Waals surface area (Å²) in [6.07, 6.45) is 6.00. The number of benzene rings is 1. The standard InChI is InChI=1S/C24H32N4O/c1-20-3-2-4-22(15-20)17-26-11-13-28(14-12-26)24(29)19-27-10-7-23(18-27)16-21-5-8-25-9-6-21/h2-6,8-9,15,23H,7,10-14,16-19H2,1H3/t23-/m1/s1. The quantitative estimate of drug-likeness (QED) is 0.758. The molecule has 0 N–H and O–H groups in total. The molecule has 0 aliphatic carbocycles. The molecule has 29 heavy (non-hydrogen) atoms. The zero-order valence-electron chi connectivity index (χ0n) is 17.5. The van der Waals surface area contributed by atoms with Crippen molar-refractivity contribution >= 4 is 5.91 Å². The average molecular weight is 393 g/mol. The van der Waals surface area contributed by atoms with E-state index >= 15 is 0 Å². The topological polar surface area (TPSA) is 39.7 Å². The van der Waals surface area contributed by atoms with Gasteiger partial charge in [0.25, 0.3) is 0 Å². The third kappa shape index (κ3) is 5.64. The molecule has 2 aliphatic heterocycles. The Bertz CT molecular complexity index is 802. The van der Waals surface area contributed by atoms with Gasteiger partial charge in [-0.2, -0.15) is 0 Å². The number of likely N-dealkylation sites (tertiary alicyclic amines) is 1. The van der Waals surface area contributed by atoms with E-state index in [1.807, 2.05) is 12.4 Å². The van der Waals surface area contributed by atoms with Gasteiger partial charge in [-0.15, -0.1) is 0 Å². The highest BCUT2D eigenvalue weighted by Crippen LogP contribution is 2.21. The Labute approximate surface area is 174 Å². The summed E-state index contributed by atoms with van der Waals surface area (Å²) in [6, 6.07) is 12.9. The fraction of sp³-hybridized carbons (Fsp3) is 0.500. The Morgan fingerprint density at radius 3 is 2.55 bits per heavy atom. The summed E-state index contributed by atoms with van der Waals surface area (Å²) in [4.78, 5) is 23.7. The molecule has 2 saturated heterocycles. The van der Waals surface area contributed by atoms with Crippen LogP contribution in [0.4, 0.5) is 0 Å². The van der Waals surface area contributed by atoms with Crippen LogP contribution < -0.4 is 0 Å². The van der Waals surface area contributed by atoms with Crippen LogP contribution in [0.1, 0.15) is 23.1 Å². The third-order valence-electron chi connectivity index (χ3n) is 6.22. The maximum atomic E-state index is 12.8. The second kappa shape index (κ2) is 9.51. The number of carbonyl (C=O) groups excluding carboxylic acids is 1. The first-order valence-corrected chi connectivity index (χ1v) is 10.8. The van der Waals surface area contributed by atoms with Crippen LogP contribution in [0.15, 0.2) is 48.8 Å². The number of piperazine rings is 1. The van der Waals surface area contributed by atoms with Gasteiger partial charge in [-0.1, -0.05) is 29.8 Å². The fourth-order valence-electron chi connectivity index (χ4n) is 4.59. The van der Waals surface area contributed by atoms with Gasteiger partial charge in [0.05, 0.1) is 6.54 Å². The molecule has 0 unspecified atom stereocenters. The predicted molar refractivity (Wildman–Crippen MR) is 116 cm³/mol. The van der Waals surface area contributed by atoms with Crippen LogP contribution in [0.5, 0.6) is 0 Å². The minimum absolute atomic E-state index is 0.296. The lowest BCUT2D eigenvalue weighted by molar-refractivity contribution is -0.134. The molecular weight excluding hydrogens is 360 g/mol. The number of pyridine rings is 1. The SMILES string of the molecule is Cc1cccc(CN2CCN(C(=O)CN3CC[C@H](Cc4ccncc4)C3)CC2)c1. The van der Waals surface area contributed by atoms with Crippen LogP contribution in [0.2, 0.25) is 0 Å². The van der Waals surface area contributed by atoms with Gasteiger partial charge in [-0.3, -0.25) is 19.6 Å². The number of rotatable bonds is 6. The molecule has 1 aromatic carbocycles. The Hall–Kier alpha value is -2.24. The summed E-state index contributed by atoms with van der Waals surface area (Å²) in [5.74, 6) is 0.946. The van der Waals surface area contributed by atoms with Crippen molar-refractivity contribution < 1.29 is 4.79 Å². The lowest BCUT2D eigenvalue weighted by atomic mass is 10.00. The lowest BCUT2D eigenvalue weighted by Gasteiger charge is -2.35. The summed E-state index contributed by atoms with van der Waals surface area (Å²) in [5, 5.41) is 0. The van der Waals surface area contributed by atoms with E-state index in [0.29, 0.717) is 18.4 Å². The first kappa shape index (κ1) is 20.0. The number of hydrogen-bond acceptors (Lipinski definition) is 4. The highest BCUT2D eigenvalue weighted by Gasteiger charge is 2.27. The van der Waals surface area contributed by atoms with Crippen molar-refractivity contribution in [2.45, 2.75) is 26.3 Å². The van der Waals surface area contributed by atoms with E-state index in [2.05, 4.69) is 63.0 Å². The van der Waals surface area contributed by atoms with Gasteiger partial charge in [0.15, 0.2) is 0 Å². The minimum Gasteiger partial charge on any atom is -0.339 e. The molecule has 1 amide bonds. The van der Waals surface area contributed by atoms with Crippen molar-refractivity contribution in [1.29, 1.82) is 0 Å². The predicted octanol–water partition coefficient (Wildman–Crippen LogP) is 2.60. The van der Waals surface area contributed by atoms with E-state index in [4.69, 9.17) is 0 Å². The van der Waals surface area contributed by atoms with Gasteiger partial charge in [0, 0.05) is 51.7 Å². The molecule has 4 rings (SSSR count). The second-order valence-electron chi connectivity index (χ2n) is 8.60. The van der Waals surface area contributed by atoms with Crippen molar-refractivity contribution in [1.82, 2.24) is 19.7 Å². The fourth-order valence-corrected chi connectivity index (χ4v) is 4.59. The number of aryl methyl sites for hydroxylation is 1. The summed E-state index contributed by atoms with van der Waals surface area (Å²) < 4.78 is 0. The van der Waals surface area contributed by atoms with Crippen molar-refractivity contribution in [3.05, 3.63) is 65.5 Å². The molecule has 0 radical (unpaired) electrons. The molecule has 2 fully saturated rings. The number of nitrogens with zero attached hydrogens (tertiary/aromatic N) is 4. The molecule has 1 atom stereocenters. The van der Waals surface area contributed by atoms with Gasteiger partial charge in [-0.25, -0.2) is 0 Å². The van der Waals surface area contributed by atoms with Gasteiger partial charge in [-0.05, 0) is 55.5 Å². The van der Waals surface area contributed by atoms with Crippen LogP contribution >= 0.6 is 0 Å². The summed E-state index contributed by atoms with van der Waals surface area (Å²) >= 11 is 0. The summed E-state index contributed by atoms with van der Waals surface area (Å²) in [7, 11) is 0. The van der Waals surface area contributed by atoms with Crippen LogP contribution in [-0.4, -0.2) is 71.4 Å². The van der Waals surface area contributed by atoms with Crippen LogP contribution in [-0.2, 0) is 17.8 Å². The van der Waals surface area contributed by atoms with Gasteiger partial charge in [0.1, 0.15) is 0 Å². The van der Waals surface area contributed by atoms with E-state index in [9.17, 15) is 4.79 Å². The maximum absolute atomic E-state index is 12.8. The van der Waals surface area contributed by atoms with Gasteiger partial charge in [0.2, 0.25) is 5.91 Å². The molecule has 0 spiro atoms. The van der Waals surface area contributed by atoms with Crippen molar-refractivity contribution in [2.24, 2.45) is 5.92 Å². The van der Waals surface area contributed by atoms with E-state index in [-0.39, 0.29) is 0 Å². The Morgan fingerprint density at radius 1 is 1.00 bits per heavy atom. The number of carbonyl (C=O) groups is 1.